The number of carbonyl (C=O) groups excluding carboxylic acids is 1. The highest BCUT2D eigenvalue weighted by Crippen LogP contribution is 2.41. The maximum absolute atomic E-state index is 14.6. The Balaban J connectivity index is 2.11. The van der Waals surface area contributed by atoms with Crippen molar-refractivity contribution >= 4 is 28.8 Å². The number of nitrogens with zero attached hydrogens (tertiary/aromatic N) is 3. The molecule has 1 aromatic carbocycles. The van der Waals surface area contributed by atoms with Gasteiger partial charge < -0.3 is 9.84 Å². The Morgan fingerprint density at radius 1 is 1.23 bits per heavy atom. The number of anilines is 1. The van der Waals surface area contributed by atoms with Crippen LogP contribution in [0.3, 0.4) is 0 Å². The summed E-state index contributed by atoms with van der Waals surface area (Å²) >= 11 is 5.71. The van der Waals surface area contributed by atoms with Crippen LogP contribution < -0.4 is 5.32 Å². The molecule has 2 heterocycles. The van der Waals surface area contributed by atoms with Gasteiger partial charge in [0, 0.05) is 28.8 Å². The van der Waals surface area contributed by atoms with Crippen LogP contribution in [0.2, 0.25) is 0 Å². The summed E-state index contributed by atoms with van der Waals surface area (Å²) in [7, 11) is 0. The van der Waals surface area contributed by atoms with Crippen molar-refractivity contribution < 1.29 is 26.9 Å². The molecule has 1 N–H and O–H groups in total. The lowest BCUT2D eigenvalue weighted by Gasteiger charge is -2.13. The molecule has 0 saturated carbocycles. The second-order valence-corrected chi connectivity index (χ2v) is 8.21. The molecular formula is C24H21ClF4N4O2. The molecule has 0 atom stereocenters. The van der Waals surface area contributed by atoms with E-state index in [-0.39, 0.29) is 39.7 Å². The van der Waals surface area contributed by atoms with E-state index in [0.717, 1.165) is 12.3 Å². The van der Waals surface area contributed by atoms with Crippen molar-refractivity contribution in [1.82, 2.24) is 14.9 Å². The molecule has 0 aliphatic heterocycles. The molecule has 2 aromatic heterocycles. The molecule has 0 bridgehead atoms. The Hall–Kier alpha value is -3.66. The van der Waals surface area contributed by atoms with Gasteiger partial charge in [0.15, 0.2) is 11.5 Å². The van der Waals surface area contributed by atoms with Gasteiger partial charge in [-0.15, -0.1) is 0 Å². The number of allylic oxidation sites excluding steroid dienone is 6. The standard InChI is InChI=1S/C24H21ClF4N4O2/c1-13(25)7-5-10-20(26)14(2)21-15(3)22(35-32-21)19-12-30-33(23(19)24(27,28)29)18-9-6-8-17(11-18)31-16(4)34/h5-12H,1-4H3,(H,31,34)/b10-5-,13-7+,20-14-. The number of carbonyl (C=O) groups is 1. The molecule has 3 aromatic rings. The first-order chi connectivity index (χ1) is 16.4. The zero-order valence-electron chi connectivity index (χ0n) is 19.2. The normalized spacial score (nSPS) is 13.3. The number of halogens is 5. The molecule has 35 heavy (non-hydrogen) atoms. The van der Waals surface area contributed by atoms with Gasteiger partial charge in [0.2, 0.25) is 5.91 Å². The van der Waals surface area contributed by atoms with Crippen molar-refractivity contribution in [3.8, 4) is 17.0 Å². The summed E-state index contributed by atoms with van der Waals surface area (Å²) in [4.78, 5) is 11.3. The van der Waals surface area contributed by atoms with Crippen molar-refractivity contribution in [3.05, 3.63) is 76.5 Å². The molecule has 11 heteroatoms. The highest BCUT2D eigenvalue weighted by molar-refractivity contribution is 6.29. The van der Waals surface area contributed by atoms with Crippen LogP contribution in [0.1, 0.15) is 37.7 Å². The van der Waals surface area contributed by atoms with E-state index in [2.05, 4.69) is 15.6 Å². The summed E-state index contributed by atoms with van der Waals surface area (Å²) in [5.74, 6) is -1.21. The van der Waals surface area contributed by atoms with Gasteiger partial charge in [-0.05, 0) is 51.1 Å². The van der Waals surface area contributed by atoms with E-state index in [4.69, 9.17) is 16.1 Å². The molecular weight excluding hydrogens is 488 g/mol. The lowest BCUT2D eigenvalue weighted by atomic mass is 10.0. The Kier molecular flexibility index (Phi) is 7.64. The van der Waals surface area contributed by atoms with Crippen molar-refractivity contribution in [1.29, 1.82) is 0 Å². The predicted molar refractivity (Wildman–Crippen MR) is 126 cm³/mol. The highest BCUT2D eigenvalue weighted by Gasteiger charge is 2.40. The molecule has 184 valence electrons. The number of hydrogen-bond acceptors (Lipinski definition) is 4. The summed E-state index contributed by atoms with van der Waals surface area (Å²) in [6.07, 6.45) is 0.240. The highest BCUT2D eigenvalue weighted by atomic mass is 35.5. The number of hydrogen-bond donors (Lipinski definition) is 1. The summed E-state index contributed by atoms with van der Waals surface area (Å²) in [5, 5.41) is 10.7. The van der Waals surface area contributed by atoms with E-state index in [0.29, 0.717) is 15.4 Å². The van der Waals surface area contributed by atoms with Gasteiger partial charge in [-0.25, -0.2) is 9.07 Å². The van der Waals surface area contributed by atoms with Crippen molar-refractivity contribution in [3.63, 3.8) is 0 Å². The first kappa shape index (κ1) is 26.0. The van der Waals surface area contributed by atoms with Crippen LogP contribution in [-0.4, -0.2) is 20.8 Å². The third-order valence-corrected chi connectivity index (χ3v) is 5.03. The van der Waals surface area contributed by atoms with E-state index in [1.165, 1.54) is 57.2 Å². The van der Waals surface area contributed by atoms with Crippen LogP contribution in [0.5, 0.6) is 0 Å². The number of alkyl halides is 3. The van der Waals surface area contributed by atoms with E-state index < -0.39 is 17.7 Å². The minimum atomic E-state index is -4.82. The minimum absolute atomic E-state index is 0.0714. The summed E-state index contributed by atoms with van der Waals surface area (Å²) in [5.41, 5.74) is -0.715. The average Bonchev–Trinajstić information content (AvgIpc) is 3.36. The number of nitrogens with one attached hydrogen (secondary N) is 1. The Morgan fingerprint density at radius 2 is 1.94 bits per heavy atom. The van der Waals surface area contributed by atoms with Crippen LogP contribution in [0.15, 0.2) is 64.1 Å². The fraction of sp³-hybridized carbons (Fsp3) is 0.208. The minimum Gasteiger partial charge on any atom is -0.355 e. The largest absolute Gasteiger partial charge is 0.434 e. The number of amides is 1. The smallest absolute Gasteiger partial charge is 0.355 e. The summed E-state index contributed by atoms with van der Waals surface area (Å²) in [6.45, 7) is 5.84. The van der Waals surface area contributed by atoms with E-state index in [9.17, 15) is 22.4 Å². The molecule has 0 aliphatic carbocycles. The Bertz CT molecular complexity index is 1350. The van der Waals surface area contributed by atoms with Gasteiger partial charge in [0.1, 0.15) is 11.5 Å². The fourth-order valence-electron chi connectivity index (χ4n) is 3.34. The van der Waals surface area contributed by atoms with Crippen LogP contribution in [0.25, 0.3) is 22.6 Å². The number of rotatable bonds is 6. The van der Waals surface area contributed by atoms with Gasteiger partial charge in [-0.3, -0.25) is 4.79 Å². The topological polar surface area (TPSA) is 73.0 Å². The lowest BCUT2D eigenvalue weighted by Crippen LogP contribution is -2.15. The second kappa shape index (κ2) is 10.3. The zero-order valence-corrected chi connectivity index (χ0v) is 19.9. The van der Waals surface area contributed by atoms with Gasteiger partial charge in [0.05, 0.1) is 17.4 Å². The molecule has 6 nitrogen and oxygen atoms in total. The lowest BCUT2D eigenvalue weighted by molar-refractivity contribution is -0.142. The van der Waals surface area contributed by atoms with E-state index in [1.54, 1.807) is 6.92 Å². The fourth-order valence-corrected chi connectivity index (χ4v) is 3.41. The molecule has 0 spiro atoms. The summed E-state index contributed by atoms with van der Waals surface area (Å²) in [6, 6.07) is 5.81. The third-order valence-electron chi connectivity index (χ3n) is 4.90. The summed E-state index contributed by atoms with van der Waals surface area (Å²) < 4.78 is 63.0. The van der Waals surface area contributed by atoms with Gasteiger partial charge >= 0.3 is 6.18 Å². The van der Waals surface area contributed by atoms with E-state index >= 15 is 0 Å². The van der Waals surface area contributed by atoms with Crippen LogP contribution in [0, 0.1) is 6.92 Å². The first-order valence-corrected chi connectivity index (χ1v) is 10.6. The third kappa shape index (κ3) is 5.89. The average molecular weight is 509 g/mol. The Morgan fingerprint density at radius 3 is 2.57 bits per heavy atom. The molecule has 1 amide bonds. The second-order valence-electron chi connectivity index (χ2n) is 7.62. The molecule has 0 aliphatic rings. The van der Waals surface area contributed by atoms with Crippen molar-refractivity contribution in [2.24, 2.45) is 0 Å². The number of benzene rings is 1. The molecule has 3 rings (SSSR count). The van der Waals surface area contributed by atoms with Gasteiger partial charge in [-0.1, -0.05) is 28.9 Å². The SMILES string of the molecule is CC(=O)Nc1cccc(-n2ncc(-c3onc(/C(C)=C(F)/C=C\C=C(/C)Cl)c3C)c2C(F)(F)F)c1. The quantitative estimate of drug-likeness (QED) is 0.282. The van der Waals surface area contributed by atoms with Gasteiger partial charge in [0.25, 0.3) is 0 Å². The predicted octanol–water partition coefficient (Wildman–Crippen LogP) is 7.21. The maximum Gasteiger partial charge on any atom is 0.434 e. The molecule has 0 unspecified atom stereocenters. The van der Waals surface area contributed by atoms with Crippen molar-refractivity contribution in [2.45, 2.75) is 33.9 Å². The molecule has 0 saturated heterocycles. The Labute approximate surface area is 203 Å². The first-order valence-electron chi connectivity index (χ1n) is 10.3. The van der Waals surface area contributed by atoms with E-state index in [1.807, 2.05) is 0 Å². The van der Waals surface area contributed by atoms with Crippen LogP contribution >= 0.6 is 11.6 Å². The monoisotopic (exact) mass is 508 g/mol. The number of aromatic nitrogens is 3. The molecule has 0 fully saturated rings. The van der Waals surface area contributed by atoms with Gasteiger partial charge in [-0.2, -0.15) is 18.3 Å². The van der Waals surface area contributed by atoms with Crippen LogP contribution in [0.4, 0.5) is 23.2 Å². The molecule has 0 radical (unpaired) electrons. The van der Waals surface area contributed by atoms with Crippen LogP contribution in [-0.2, 0) is 11.0 Å². The zero-order chi connectivity index (χ0) is 25.9. The maximum atomic E-state index is 14.6. The van der Waals surface area contributed by atoms with Crippen molar-refractivity contribution in [2.75, 3.05) is 5.32 Å².